The number of hydrogen-bond donors (Lipinski definition) is 1. The molecule has 22 heavy (non-hydrogen) atoms. The summed E-state index contributed by atoms with van der Waals surface area (Å²) in [4.78, 5) is 12.6. The van der Waals surface area contributed by atoms with Crippen LogP contribution in [0.3, 0.4) is 0 Å². The first-order valence-corrected chi connectivity index (χ1v) is 7.66. The monoisotopic (exact) mass is 373 g/mol. The topological polar surface area (TPSA) is 38.3 Å². The Bertz CT molecular complexity index is 601. The number of nitrogens with one attached hydrogen (secondary N) is 1. The van der Waals surface area contributed by atoms with Crippen molar-refractivity contribution in [2.45, 2.75) is 45.1 Å². The number of carbonyl (C=O) groups is 1. The standard InChI is InChI=1S/C18H22NO2.Y/c1-12-8-10-18(11-9-12)16(21-3)15(17(20)19-18)14-7-5-4-6-13(14)2;/h4,6-7,12H,8-11H2,1-3H3,(H,19,20);/q-1;. The summed E-state index contributed by atoms with van der Waals surface area (Å²) in [6.45, 7) is 4.29. The van der Waals surface area contributed by atoms with Gasteiger partial charge in [-0.15, -0.1) is 5.56 Å². The number of methoxy groups -OCH3 is 1. The number of carbonyl (C=O) groups excluding carboxylic acids is 1. The molecule has 1 fully saturated rings. The first-order valence-electron chi connectivity index (χ1n) is 7.66. The molecule has 2 aliphatic rings. The number of hydrogen-bond acceptors (Lipinski definition) is 2. The second-order valence-corrected chi connectivity index (χ2v) is 6.37. The van der Waals surface area contributed by atoms with E-state index in [-0.39, 0.29) is 44.2 Å². The Morgan fingerprint density at radius 2 is 2.05 bits per heavy atom. The van der Waals surface area contributed by atoms with E-state index in [1.165, 1.54) is 0 Å². The van der Waals surface area contributed by atoms with Crippen molar-refractivity contribution < 1.29 is 42.2 Å². The minimum Gasteiger partial charge on any atom is -0.499 e. The van der Waals surface area contributed by atoms with Gasteiger partial charge in [0.15, 0.2) is 0 Å². The summed E-state index contributed by atoms with van der Waals surface area (Å²) in [6, 6.07) is 8.81. The molecule has 1 aliphatic carbocycles. The predicted molar refractivity (Wildman–Crippen MR) is 82.4 cm³/mol. The van der Waals surface area contributed by atoms with E-state index in [9.17, 15) is 4.79 Å². The van der Waals surface area contributed by atoms with E-state index in [4.69, 9.17) is 4.74 Å². The van der Waals surface area contributed by atoms with Gasteiger partial charge in [0, 0.05) is 38.3 Å². The average molecular weight is 373 g/mol. The molecular weight excluding hydrogens is 351 g/mol. The van der Waals surface area contributed by atoms with Crippen molar-refractivity contribution in [3.05, 3.63) is 41.2 Å². The van der Waals surface area contributed by atoms with Gasteiger partial charge in [-0.25, -0.2) is 0 Å². The Morgan fingerprint density at radius 1 is 1.36 bits per heavy atom. The van der Waals surface area contributed by atoms with E-state index in [0.29, 0.717) is 5.57 Å². The molecule has 1 heterocycles. The summed E-state index contributed by atoms with van der Waals surface area (Å²) in [7, 11) is 1.68. The van der Waals surface area contributed by atoms with E-state index in [0.717, 1.165) is 48.5 Å². The smallest absolute Gasteiger partial charge is 0.243 e. The molecule has 1 amide bonds. The molecule has 0 saturated heterocycles. The Balaban J connectivity index is 0.00000176. The van der Waals surface area contributed by atoms with Crippen LogP contribution >= 0.6 is 0 Å². The third-order valence-corrected chi connectivity index (χ3v) is 4.92. The van der Waals surface area contributed by atoms with Crippen molar-refractivity contribution in [3.8, 4) is 0 Å². The fourth-order valence-corrected chi connectivity index (χ4v) is 3.61. The summed E-state index contributed by atoms with van der Waals surface area (Å²) in [5.41, 5.74) is 2.41. The van der Waals surface area contributed by atoms with Gasteiger partial charge in [-0.05, 0) is 31.6 Å². The van der Waals surface area contributed by atoms with Crippen LogP contribution in [0.4, 0.5) is 0 Å². The van der Waals surface area contributed by atoms with Crippen molar-refractivity contribution in [1.29, 1.82) is 0 Å². The van der Waals surface area contributed by atoms with Crippen LogP contribution in [0.25, 0.3) is 5.57 Å². The predicted octanol–water partition coefficient (Wildman–Crippen LogP) is 3.23. The maximum Gasteiger partial charge on any atom is 0.243 e. The van der Waals surface area contributed by atoms with Crippen LogP contribution in [0, 0.1) is 18.9 Å². The molecule has 4 heteroatoms. The molecule has 3 rings (SSSR count). The molecule has 1 N–H and O–H groups in total. The van der Waals surface area contributed by atoms with Gasteiger partial charge in [0.1, 0.15) is 5.76 Å². The Labute approximate surface area is 157 Å². The van der Waals surface area contributed by atoms with Crippen LogP contribution in [0.2, 0.25) is 0 Å². The molecular formula is C18H22NO2Y-. The van der Waals surface area contributed by atoms with Crippen LogP contribution in [-0.2, 0) is 42.2 Å². The molecule has 1 saturated carbocycles. The molecule has 1 radical (unpaired) electrons. The molecule has 0 aromatic heterocycles. The zero-order chi connectivity index (χ0) is 15.0. The molecule has 0 unspecified atom stereocenters. The van der Waals surface area contributed by atoms with E-state index in [1.54, 1.807) is 7.11 Å². The van der Waals surface area contributed by atoms with Crippen LogP contribution < -0.4 is 5.32 Å². The number of rotatable bonds is 2. The molecule has 1 aromatic carbocycles. The zero-order valence-electron chi connectivity index (χ0n) is 13.5. The van der Waals surface area contributed by atoms with E-state index < -0.39 is 0 Å². The molecule has 1 aliphatic heterocycles. The Morgan fingerprint density at radius 3 is 2.64 bits per heavy atom. The number of ether oxygens (including phenoxy) is 1. The van der Waals surface area contributed by atoms with Crippen molar-refractivity contribution in [1.82, 2.24) is 5.32 Å². The van der Waals surface area contributed by atoms with E-state index in [2.05, 4.69) is 18.3 Å². The van der Waals surface area contributed by atoms with Crippen LogP contribution in [0.1, 0.15) is 43.7 Å². The van der Waals surface area contributed by atoms with Gasteiger partial charge in [-0.3, -0.25) is 4.79 Å². The minimum absolute atomic E-state index is 0. The van der Waals surface area contributed by atoms with Crippen molar-refractivity contribution in [3.63, 3.8) is 0 Å². The van der Waals surface area contributed by atoms with Crippen LogP contribution in [-0.4, -0.2) is 18.6 Å². The van der Waals surface area contributed by atoms with Crippen molar-refractivity contribution in [2.24, 2.45) is 5.92 Å². The van der Waals surface area contributed by atoms with Gasteiger partial charge in [-0.2, -0.15) is 29.8 Å². The van der Waals surface area contributed by atoms with Gasteiger partial charge in [0.25, 0.3) is 0 Å². The van der Waals surface area contributed by atoms with Gasteiger partial charge in [-0.1, -0.05) is 13.8 Å². The number of amides is 1. The zero-order valence-corrected chi connectivity index (χ0v) is 16.4. The first kappa shape index (κ1) is 17.7. The fourth-order valence-electron chi connectivity index (χ4n) is 3.61. The van der Waals surface area contributed by atoms with E-state index >= 15 is 0 Å². The molecule has 0 bridgehead atoms. The molecule has 115 valence electrons. The maximum absolute atomic E-state index is 12.6. The van der Waals surface area contributed by atoms with Crippen molar-refractivity contribution in [2.75, 3.05) is 7.11 Å². The normalized spacial score (nSPS) is 27.6. The van der Waals surface area contributed by atoms with Gasteiger partial charge in [0.05, 0.1) is 12.6 Å². The van der Waals surface area contributed by atoms with Gasteiger partial charge in [0.2, 0.25) is 5.91 Å². The van der Waals surface area contributed by atoms with Gasteiger partial charge < -0.3 is 10.1 Å². The van der Waals surface area contributed by atoms with Gasteiger partial charge >= 0.3 is 0 Å². The largest absolute Gasteiger partial charge is 0.499 e. The quantitative estimate of drug-likeness (QED) is 0.809. The summed E-state index contributed by atoms with van der Waals surface area (Å²) < 4.78 is 5.71. The summed E-state index contributed by atoms with van der Waals surface area (Å²) in [6.07, 6.45) is 4.17. The first-order chi connectivity index (χ1) is 10.1. The summed E-state index contributed by atoms with van der Waals surface area (Å²) >= 11 is 0. The Hall–Kier alpha value is -0.666. The van der Waals surface area contributed by atoms with Crippen molar-refractivity contribution >= 4 is 11.5 Å². The third kappa shape index (κ3) is 2.90. The average Bonchev–Trinajstić information content (AvgIpc) is 2.75. The second kappa shape index (κ2) is 6.84. The molecule has 0 atom stereocenters. The maximum atomic E-state index is 12.6. The SMILES string of the molecule is COC1=C(c2c[c-]ccc2C)C(=O)NC12CCC(C)CC2.[Y]. The molecule has 1 aromatic rings. The fraction of sp³-hybridized carbons (Fsp3) is 0.500. The number of benzene rings is 1. The summed E-state index contributed by atoms with van der Waals surface area (Å²) in [5.74, 6) is 1.53. The molecule has 3 nitrogen and oxygen atoms in total. The van der Waals surface area contributed by atoms with Crippen LogP contribution in [0.15, 0.2) is 24.0 Å². The number of aryl methyl sites for hydroxylation is 1. The Kier molecular flexibility index (Phi) is 5.50. The van der Waals surface area contributed by atoms with Crippen LogP contribution in [0.5, 0.6) is 0 Å². The van der Waals surface area contributed by atoms with E-state index in [1.807, 2.05) is 25.1 Å². The third-order valence-electron chi connectivity index (χ3n) is 4.92. The second-order valence-electron chi connectivity index (χ2n) is 6.37. The minimum atomic E-state index is -0.296. The summed E-state index contributed by atoms with van der Waals surface area (Å²) in [5, 5.41) is 3.21. The molecule has 1 spiro atoms.